The Kier molecular flexibility index (Phi) is 5.43. The standard InChI is InChI=1S/C30H31NO2/c32-26-17-15-21-9-1-3-11-23(21)29(26)30-24-12-4-2-10-22(24)16-18-28(30)33-27-14-6-5-13-25(27)31-19-7-8-20-31/h1-4,9-12,15-18,25,27,32H,5-8,13-14,19-20H2/t25-,27-/m1/s1. The minimum atomic E-state index is 0.189. The number of ether oxygens (including phenoxy) is 1. The summed E-state index contributed by atoms with van der Waals surface area (Å²) in [5.41, 5.74) is 1.88. The zero-order chi connectivity index (χ0) is 22.2. The maximum absolute atomic E-state index is 11.1. The third-order valence-electron chi connectivity index (χ3n) is 7.60. The van der Waals surface area contributed by atoms with E-state index in [4.69, 9.17) is 4.74 Å². The van der Waals surface area contributed by atoms with Gasteiger partial charge in [-0.15, -0.1) is 0 Å². The lowest BCUT2D eigenvalue weighted by Gasteiger charge is -2.38. The lowest BCUT2D eigenvalue weighted by molar-refractivity contribution is 0.0490. The Hall–Kier alpha value is -3.04. The lowest BCUT2D eigenvalue weighted by atomic mass is 9.90. The van der Waals surface area contributed by atoms with Gasteiger partial charge in [0.25, 0.3) is 0 Å². The van der Waals surface area contributed by atoms with E-state index in [9.17, 15) is 5.11 Å². The highest BCUT2D eigenvalue weighted by molar-refractivity contribution is 6.09. The molecule has 4 aromatic rings. The van der Waals surface area contributed by atoms with Gasteiger partial charge in [-0.3, -0.25) is 4.90 Å². The monoisotopic (exact) mass is 437 g/mol. The van der Waals surface area contributed by atoms with Crippen molar-refractivity contribution >= 4 is 21.5 Å². The molecule has 1 heterocycles. The highest BCUT2D eigenvalue weighted by Gasteiger charge is 2.33. The van der Waals surface area contributed by atoms with Gasteiger partial charge in [0.2, 0.25) is 0 Å². The number of phenolic OH excluding ortho intramolecular Hbond substituents is 1. The molecule has 1 saturated heterocycles. The number of benzene rings is 4. The number of fused-ring (bicyclic) bond motifs is 2. The zero-order valence-electron chi connectivity index (χ0n) is 19.0. The van der Waals surface area contributed by atoms with Crippen LogP contribution in [-0.4, -0.2) is 35.2 Å². The molecule has 168 valence electrons. The third-order valence-corrected chi connectivity index (χ3v) is 7.60. The van der Waals surface area contributed by atoms with Crippen molar-refractivity contribution in [1.29, 1.82) is 0 Å². The maximum Gasteiger partial charge on any atom is 0.128 e. The molecule has 1 aliphatic heterocycles. The molecule has 0 spiro atoms. The summed E-state index contributed by atoms with van der Waals surface area (Å²) in [5.74, 6) is 1.19. The van der Waals surface area contributed by atoms with Crippen LogP contribution in [0.25, 0.3) is 32.7 Å². The normalized spacial score (nSPS) is 21.6. The largest absolute Gasteiger partial charge is 0.507 e. The number of likely N-dealkylation sites (tertiary alicyclic amines) is 1. The molecule has 1 aliphatic carbocycles. The second-order valence-corrected chi connectivity index (χ2v) is 9.59. The van der Waals surface area contributed by atoms with Crippen LogP contribution in [-0.2, 0) is 0 Å². The predicted molar refractivity (Wildman–Crippen MR) is 136 cm³/mol. The molecule has 6 rings (SSSR count). The average Bonchev–Trinajstić information content (AvgIpc) is 3.40. The van der Waals surface area contributed by atoms with Crippen LogP contribution in [0.2, 0.25) is 0 Å². The fraction of sp³-hybridized carbons (Fsp3) is 0.333. The molecular weight excluding hydrogens is 406 g/mol. The van der Waals surface area contributed by atoms with E-state index in [0.29, 0.717) is 11.8 Å². The fourth-order valence-electron chi connectivity index (χ4n) is 6.00. The van der Waals surface area contributed by atoms with Gasteiger partial charge in [0.15, 0.2) is 0 Å². The van der Waals surface area contributed by atoms with Gasteiger partial charge < -0.3 is 9.84 Å². The van der Waals surface area contributed by atoms with E-state index in [0.717, 1.165) is 44.8 Å². The summed E-state index contributed by atoms with van der Waals surface area (Å²) in [6.07, 6.45) is 7.60. The summed E-state index contributed by atoms with van der Waals surface area (Å²) in [5, 5.41) is 15.6. The second-order valence-electron chi connectivity index (χ2n) is 9.59. The van der Waals surface area contributed by atoms with Crippen molar-refractivity contribution in [3.8, 4) is 22.6 Å². The number of rotatable bonds is 4. The predicted octanol–water partition coefficient (Wildman–Crippen LogP) is 7.15. The third kappa shape index (κ3) is 3.75. The molecule has 4 aromatic carbocycles. The molecule has 3 nitrogen and oxygen atoms in total. The molecule has 2 fully saturated rings. The zero-order valence-corrected chi connectivity index (χ0v) is 19.0. The topological polar surface area (TPSA) is 32.7 Å². The smallest absolute Gasteiger partial charge is 0.128 e. The van der Waals surface area contributed by atoms with Crippen LogP contribution in [0, 0.1) is 0 Å². The molecule has 1 saturated carbocycles. The summed E-state index contributed by atoms with van der Waals surface area (Å²) in [4.78, 5) is 2.65. The van der Waals surface area contributed by atoms with Crippen molar-refractivity contribution in [3.05, 3.63) is 72.8 Å². The minimum Gasteiger partial charge on any atom is -0.507 e. The highest BCUT2D eigenvalue weighted by atomic mass is 16.5. The number of phenols is 1. The van der Waals surface area contributed by atoms with Crippen LogP contribution in [0.15, 0.2) is 72.8 Å². The fourth-order valence-corrected chi connectivity index (χ4v) is 6.00. The van der Waals surface area contributed by atoms with E-state index < -0.39 is 0 Å². The van der Waals surface area contributed by atoms with Crippen LogP contribution < -0.4 is 4.74 Å². The Labute approximate surface area is 195 Å². The van der Waals surface area contributed by atoms with Crippen LogP contribution >= 0.6 is 0 Å². The number of hydrogen-bond donors (Lipinski definition) is 1. The van der Waals surface area contributed by atoms with Gasteiger partial charge in [0.1, 0.15) is 17.6 Å². The second kappa shape index (κ2) is 8.72. The summed E-state index contributed by atoms with van der Waals surface area (Å²) in [6, 6.07) is 25.3. The summed E-state index contributed by atoms with van der Waals surface area (Å²) < 4.78 is 6.93. The molecule has 0 bridgehead atoms. The van der Waals surface area contributed by atoms with Gasteiger partial charge >= 0.3 is 0 Å². The molecule has 0 aromatic heterocycles. The van der Waals surface area contributed by atoms with Crippen molar-refractivity contribution in [3.63, 3.8) is 0 Å². The summed E-state index contributed by atoms with van der Waals surface area (Å²) >= 11 is 0. The summed E-state index contributed by atoms with van der Waals surface area (Å²) in [6.45, 7) is 2.39. The van der Waals surface area contributed by atoms with Crippen molar-refractivity contribution < 1.29 is 9.84 Å². The van der Waals surface area contributed by atoms with Crippen LogP contribution in [0.1, 0.15) is 38.5 Å². The minimum absolute atomic E-state index is 0.189. The molecule has 1 N–H and O–H groups in total. The average molecular weight is 438 g/mol. The molecule has 0 amide bonds. The quantitative estimate of drug-likeness (QED) is 0.368. The van der Waals surface area contributed by atoms with E-state index in [-0.39, 0.29) is 6.10 Å². The first kappa shape index (κ1) is 20.6. The molecule has 3 heteroatoms. The van der Waals surface area contributed by atoms with Gasteiger partial charge in [-0.1, -0.05) is 67.1 Å². The van der Waals surface area contributed by atoms with Crippen molar-refractivity contribution in [1.82, 2.24) is 4.90 Å². The molecule has 2 aliphatic rings. The Morgan fingerprint density at radius 2 is 1.30 bits per heavy atom. The SMILES string of the molecule is Oc1ccc2ccccc2c1-c1c(O[C@@H]2CCCC[C@H]2N2CCCC2)ccc2ccccc12. The summed E-state index contributed by atoms with van der Waals surface area (Å²) in [7, 11) is 0. The van der Waals surface area contributed by atoms with Gasteiger partial charge in [-0.05, 0) is 78.9 Å². The first-order chi connectivity index (χ1) is 16.3. The van der Waals surface area contributed by atoms with Crippen molar-refractivity contribution in [2.75, 3.05) is 13.1 Å². The molecule has 2 atom stereocenters. The lowest BCUT2D eigenvalue weighted by Crippen LogP contribution is -2.46. The first-order valence-corrected chi connectivity index (χ1v) is 12.4. The van der Waals surface area contributed by atoms with Crippen LogP contribution in [0.4, 0.5) is 0 Å². The van der Waals surface area contributed by atoms with Crippen molar-refractivity contribution in [2.24, 2.45) is 0 Å². The maximum atomic E-state index is 11.1. The van der Waals surface area contributed by atoms with E-state index in [1.165, 1.54) is 45.2 Å². The van der Waals surface area contributed by atoms with Crippen LogP contribution in [0.5, 0.6) is 11.5 Å². The number of hydrogen-bond acceptors (Lipinski definition) is 3. The Bertz CT molecular complexity index is 1290. The molecule has 33 heavy (non-hydrogen) atoms. The number of aromatic hydroxyl groups is 1. The molecular formula is C30H31NO2. The first-order valence-electron chi connectivity index (χ1n) is 12.4. The molecule has 0 unspecified atom stereocenters. The molecule has 0 radical (unpaired) electrons. The van der Waals surface area contributed by atoms with Gasteiger partial charge in [0, 0.05) is 17.2 Å². The van der Waals surface area contributed by atoms with Crippen LogP contribution in [0.3, 0.4) is 0 Å². The van der Waals surface area contributed by atoms with Gasteiger partial charge in [-0.25, -0.2) is 0 Å². The van der Waals surface area contributed by atoms with E-state index in [1.54, 1.807) is 0 Å². The Morgan fingerprint density at radius 1 is 0.667 bits per heavy atom. The van der Waals surface area contributed by atoms with E-state index in [2.05, 4.69) is 53.4 Å². The highest BCUT2D eigenvalue weighted by Crippen LogP contribution is 2.46. The number of nitrogens with zero attached hydrogens (tertiary/aromatic N) is 1. The van der Waals surface area contributed by atoms with Gasteiger partial charge in [0.05, 0.1) is 0 Å². The van der Waals surface area contributed by atoms with Gasteiger partial charge in [-0.2, -0.15) is 0 Å². The van der Waals surface area contributed by atoms with Crippen molar-refractivity contribution in [2.45, 2.75) is 50.7 Å². The Balaban J connectivity index is 1.52. The Morgan fingerprint density at radius 3 is 2.06 bits per heavy atom. The van der Waals surface area contributed by atoms with E-state index in [1.807, 2.05) is 24.3 Å². The van der Waals surface area contributed by atoms with E-state index >= 15 is 0 Å².